The first-order chi connectivity index (χ1) is 14.5. The van der Waals surface area contributed by atoms with Crippen LogP contribution in [0.5, 0.6) is 0 Å². The predicted octanol–water partition coefficient (Wildman–Crippen LogP) is 3.07. The predicted molar refractivity (Wildman–Crippen MR) is 120 cm³/mol. The minimum atomic E-state index is -0.179. The Bertz CT molecular complexity index is 851. The van der Waals surface area contributed by atoms with Crippen LogP contribution in [0.1, 0.15) is 33.9 Å². The van der Waals surface area contributed by atoms with E-state index in [2.05, 4.69) is 62.7 Å². The summed E-state index contributed by atoms with van der Waals surface area (Å²) in [5.74, 6) is -0.252. The average molecular weight is 474 g/mol. The van der Waals surface area contributed by atoms with E-state index in [1.54, 1.807) is 12.1 Å². The topological polar surface area (TPSA) is 70.7 Å². The number of hydrogen-bond acceptors (Lipinski definition) is 4. The number of benzene rings is 2. The Labute approximate surface area is 186 Å². The van der Waals surface area contributed by atoms with Gasteiger partial charge in [0, 0.05) is 42.6 Å². The highest BCUT2D eigenvalue weighted by atomic mass is 79.9. The molecule has 1 aliphatic rings. The van der Waals surface area contributed by atoms with Crippen LogP contribution in [-0.4, -0.2) is 56.1 Å². The highest BCUT2D eigenvalue weighted by molar-refractivity contribution is 9.10. The largest absolute Gasteiger partial charge is 0.379 e. The first-order valence-electron chi connectivity index (χ1n) is 10.2. The molecule has 3 rings (SSSR count). The lowest BCUT2D eigenvalue weighted by Crippen LogP contribution is -2.44. The molecular weight excluding hydrogens is 446 g/mol. The van der Waals surface area contributed by atoms with Crippen molar-refractivity contribution in [2.24, 2.45) is 0 Å². The van der Waals surface area contributed by atoms with Crippen LogP contribution in [0.2, 0.25) is 0 Å². The third-order valence-corrected chi connectivity index (χ3v) is 5.68. The Morgan fingerprint density at radius 3 is 2.53 bits per heavy atom. The zero-order chi connectivity index (χ0) is 21.3. The van der Waals surface area contributed by atoms with Crippen LogP contribution in [0.15, 0.2) is 53.0 Å². The van der Waals surface area contributed by atoms with Gasteiger partial charge in [-0.2, -0.15) is 0 Å². The Balaban J connectivity index is 1.50. The maximum Gasteiger partial charge on any atom is 0.251 e. The van der Waals surface area contributed by atoms with Crippen LogP contribution in [0.25, 0.3) is 0 Å². The molecule has 160 valence electrons. The van der Waals surface area contributed by atoms with E-state index < -0.39 is 0 Å². The Morgan fingerprint density at radius 2 is 1.83 bits per heavy atom. The smallest absolute Gasteiger partial charge is 0.251 e. The van der Waals surface area contributed by atoms with Crippen molar-refractivity contribution in [1.29, 1.82) is 0 Å². The molecule has 2 aromatic carbocycles. The SMILES string of the molecule is Cc1cccc(C(CNC(=O)CCNC(=O)c2ccc(Br)cc2)N2CCOCC2)c1. The number of rotatable bonds is 8. The summed E-state index contributed by atoms with van der Waals surface area (Å²) in [6, 6.07) is 15.6. The van der Waals surface area contributed by atoms with Crippen molar-refractivity contribution in [1.82, 2.24) is 15.5 Å². The lowest BCUT2D eigenvalue weighted by atomic mass is 10.0. The van der Waals surface area contributed by atoms with E-state index in [1.165, 1.54) is 11.1 Å². The molecule has 1 heterocycles. The van der Waals surface area contributed by atoms with Crippen molar-refractivity contribution in [2.75, 3.05) is 39.4 Å². The second kappa shape index (κ2) is 11.2. The standard InChI is InChI=1S/C23H28BrN3O3/c1-17-3-2-4-19(15-17)21(27-11-13-30-14-12-27)16-26-22(28)9-10-25-23(29)18-5-7-20(24)8-6-18/h2-8,15,21H,9-14,16H2,1H3,(H,25,29)(H,26,28). The molecule has 30 heavy (non-hydrogen) atoms. The summed E-state index contributed by atoms with van der Waals surface area (Å²) in [7, 11) is 0. The zero-order valence-electron chi connectivity index (χ0n) is 17.2. The Morgan fingerprint density at radius 1 is 1.10 bits per heavy atom. The molecule has 1 unspecified atom stereocenters. The number of aryl methyl sites for hydroxylation is 1. The maximum atomic E-state index is 12.4. The lowest BCUT2D eigenvalue weighted by molar-refractivity contribution is -0.121. The molecule has 1 atom stereocenters. The van der Waals surface area contributed by atoms with Crippen LogP contribution >= 0.6 is 15.9 Å². The van der Waals surface area contributed by atoms with E-state index in [0.29, 0.717) is 31.9 Å². The third kappa shape index (κ3) is 6.65. The molecule has 0 bridgehead atoms. The molecule has 0 spiro atoms. The van der Waals surface area contributed by atoms with Crippen LogP contribution in [0.3, 0.4) is 0 Å². The monoisotopic (exact) mass is 473 g/mol. The molecule has 0 saturated carbocycles. The summed E-state index contributed by atoms with van der Waals surface area (Å²) in [6.45, 7) is 6.01. The van der Waals surface area contributed by atoms with Gasteiger partial charge in [-0.05, 0) is 36.8 Å². The summed E-state index contributed by atoms with van der Waals surface area (Å²) in [5, 5.41) is 5.84. The quantitative estimate of drug-likeness (QED) is 0.617. The highest BCUT2D eigenvalue weighted by Gasteiger charge is 2.23. The molecular formula is C23H28BrN3O3. The van der Waals surface area contributed by atoms with Gasteiger partial charge in [0.05, 0.1) is 19.3 Å². The zero-order valence-corrected chi connectivity index (χ0v) is 18.8. The van der Waals surface area contributed by atoms with Gasteiger partial charge in [0.1, 0.15) is 0 Å². The highest BCUT2D eigenvalue weighted by Crippen LogP contribution is 2.22. The second-order valence-corrected chi connectivity index (χ2v) is 8.31. The minimum Gasteiger partial charge on any atom is -0.379 e. The van der Waals surface area contributed by atoms with E-state index in [-0.39, 0.29) is 24.3 Å². The number of carbonyl (C=O) groups excluding carboxylic acids is 2. The van der Waals surface area contributed by atoms with Crippen LogP contribution in [0.4, 0.5) is 0 Å². The number of hydrogen-bond donors (Lipinski definition) is 2. The number of amides is 2. The van der Waals surface area contributed by atoms with E-state index >= 15 is 0 Å². The van der Waals surface area contributed by atoms with Crippen LogP contribution in [-0.2, 0) is 9.53 Å². The molecule has 1 aliphatic heterocycles. The lowest BCUT2D eigenvalue weighted by Gasteiger charge is -2.35. The number of halogens is 1. The average Bonchev–Trinajstić information content (AvgIpc) is 2.75. The van der Waals surface area contributed by atoms with E-state index in [0.717, 1.165) is 17.6 Å². The summed E-state index contributed by atoms with van der Waals surface area (Å²) in [6.07, 6.45) is 0.242. The van der Waals surface area contributed by atoms with Gasteiger partial charge in [-0.25, -0.2) is 0 Å². The fourth-order valence-electron chi connectivity index (χ4n) is 3.52. The molecule has 0 aromatic heterocycles. The van der Waals surface area contributed by atoms with E-state index in [9.17, 15) is 9.59 Å². The van der Waals surface area contributed by atoms with Crippen LogP contribution in [0, 0.1) is 6.92 Å². The van der Waals surface area contributed by atoms with Crippen molar-refractivity contribution in [3.8, 4) is 0 Å². The van der Waals surface area contributed by atoms with Crippen molar-refractivity contribution >= 4 is 27.7 Å². The normalized spacial score (nSPS) is 15.4. The Hall–Kier alpha value is -2.22. The fraction of sp³-hybridized carbons (Fsp3) is 0.391. The molecule has 0 radical (unpaired) electrons. The number of morpholine rings is 1. The number of carbonyl (C=O) groups is 2. The van der Waals surface area contributed by atoms with Crippen LogP contribution < -0.4 is 10.6 Å². The molecule has 6 nitrogen and oxygen atoms in total. The van der Waals surface area contributed by atoms with Gasteiger partial charge in [0.2, 0.25) is 5.91 Å². The van der Waals surface area contributed by atoms with Gasteiger partial charge < -0.3 is 15.4 Å². The third-order valence-electron chi connectivity index (χ3n) is 5.15. The summed E-state index contributed by atoms with van der Waals surface area (Å²) in [4.78, 5) is 26.9. The van der Waals surface area contributed by atoms with Gasteiger partial charge in [-0.1, -0.05) is 45.8 Å². The van der Waals surface area contributed by atoms with Crippen molar-refractivity contribution in [3.05, 3.63) is 69.7 Å². The van der Waals surface area contributed by atoms with Gasteiger partial charge in [-0.15, -0.1) is 0 Å². The number of ether oxygens (including phenoxy) is 1. The second-order valence-electron chi connectivity index (χ2n) is 7.40. The van der Waals surface area contributed by atoms with Crippen molar-refractivity contribution in [2.45, 2.75) is 19.4 Å². The fourth-order valence-corrected chi connectivity index (χ4v) is 3.78. The number of nitrogens with one attached hydrogen (secondary N) is 2. The molecule has 1 fully saturated rings. The first kappa shape index (κ1) is 22.5. The van der Waals surface area contributed by atoms with E-state index in [4.69, 9.17) is 4.74 Å². The van der Waals surface area contributed by atoms with Gasteiger partial charge >= 0.3 is 0 Å². The molecule has 7 heteroatoms. The van der Waals surface area contributed by atoms with Crippen molar-refractivity contribution < 1.29 is 14.3 Å². The van der Waals surface area contributed by atoms with Gasteiger partial charge in [0.25, 0.3) is 5.91 Å². The molecule has 2 N–H and O–H groups in total. The van der Waals surface area contributed by atoms with Crippen molar-refractivity contribution in [3.63, 3.8) is 0 Å². The molecule has 0 aliphatic carbocycles. The van der Waals surface area contributed by atoms with Gasteiger partial charge in [-0.3, -0.25) is 14.5 Å². The Kier molecular flexibility index (Phi) is 8.42. The van der Waals surface area contributed by atoms with E-state index in [1.807, 2.05) is 12.1 Å². The molecule has 2 amide bonds. The minimum absolute atomic E-state index is 0.0722. The summed E-state index contributed by atoms with van der Waals surface area (Å²) < 4.78 is 6.40. The van der Waals surface area contributed by atoms with Gasteiger partial charge in [0.15, 0.2) is 0 Å². The first-order valence-corrected chi connectivity index (χ1v) is 11.0. The maximum absolute atomic E-state index is 12.4. The summed E-state index contributed by atoms with van der Waals surface area (Å²) in [5.41, 5.74) is 2.97. The molecule has 2 aromatic rings. The number of nitrogens with zero attached hydrogens (tertiary/aromatic N) is 1. The summed E-state index contributed by atoms with van der Waals surface area (Å²) >= 11 is 3.35. The molecule has 1 saturated heterocycles.